The van der Waals surface area contributed by atoms with Gasteiger partial charge in [0.15, 0.2) is 0 Å². The zero-order valence-electron chi connectivity index (χ0n) is 15.4. The first-order valence-electron chi connectivity index (χ1n) is 7.31. The number of ketones is 1. The molecule has 0 aliphatic heterocycles. The molecule has 0 rings (SSSR count). The van der Waals surface area contributed by atoms with Crippen LogP contribution in [0.3, 0.4) is 0 Å². The van der Waals surface area contributed by atoms with Crippen molar-refractivity contribution in [2.75, 3.05) is 21.1 Å². The number of hydrogen-bond acceptors (Lipinski definition) is 3. The summed E-state index contributed by atoms with van der Waals surface area (Å²) in [7, 11) is 5.17. The SMILES string of the molecule is CC(=O)C(C)C.CC(C)C(=O)N(C)C.CNC(=O)C(C)C. The molecular formula is C16H34N2O3. The van der Waals surface area contributed by atoms with Crippen molar-refractivity contribution in [1.82, 2.24) is 10.2 Å². The lowest BCUT2D eigenvalue weighted by molar-refractivity contribution is -0.131. The third-order valence-electron chi connectivity index (χ3n) is 2.52. The number of carbonyl (C=O) groups excluding carboxylic acids is 3. The largest absolute Gasteiger partial charge is 0.359 e. The molecule has 0 heterocycles. The minimum Gasteiger partial charge on any atom is -0.359 e. The molecule has 0 spiro atoms. The number of nitrogens with zero attached hydrogens (tertiary/aromatic N) is 1. The molecule has 0 radical (unpaired) electrons. The molecule has 0 aliphatic rings. The summed E-state index contributed by atoms with van der Waals surface area (Å²) < 4.78 is 0. The number of carbonyl (C=O) groups is 3. The first-order valence-corrected chi connectivity index (χ1v) is 7.31. The van der Waals surface area contributed by atoms with Gasteiger partial charge in [0.05, 0.1) is 0 Å². The predicted octanol–water partition coefficient (Wildman–Crippen LogP) is 2.35. The Morgan fingerprint density at radius 3 is 1.14 bits per heavy atom. The second-order valence-electron chi connectivity index (χ2n) is 5.92. The zero-order valence-corrected chi connectivity index (χ0v) is 15.4. The van der Waals surface area contributed by atoms with Gasteiger partial charge in [0.1, 0.15) is 5.78 Å². The summed E-state index contributed by atoms with van der Waals surface area (Å²) in [5.74, 6) is 1.00. The van der Waals surface area contributed by atoms with Gasteiger partial charge in [-0.05, 0) is 6.92 Å². The van der Waals surface area contributed by atoms with Gasteiger partial charge < -0.3 is 10.2 Å². The van der Waals surface area contributed by atoms with Crippen LogP contribution in [-0.4, -0.2) is 43.6 Å². The molecule has 0 unspecified atom stereocenters. The summed E-state index contributed by atoms with van der Waals surface area (Å²) in [6, 6.07) is 0. The molecule has 0 aromatic heterocycles. The molecule has 1 N–H and O–H groups in total. The van der Waals surface area contributed by atoms with E-state index in [1.54, 1.807) is 33.0 Å². The highest BCUT2D eigenvalue weighted by molar-refractivity contribution is 5.78. The average Bonchev–Trinajstić information content (AvgIpc) is 2.37. The van der Waals surface area contributed by atoms with Crippen LogP contribution in [0.5, 0.6) is 0 Å². The fraction of sp³-hybridized carbons (Fsp3) is 0.812. The number of Topliss-reactive ketones (excluding diaryl/α,β-unsaturated/α-hetero) is 1. The third kappa shape index (κ3) is 18.6. The fourth-order valence-electron chi connectivity index (χ4n) is 0.805. The molecule has 2 amide bonds. The molecule has 0 aliphatic carbocycles. The fourth-order valence-corrected chi connectivity index (χ4v) is 0.805. The maximum absolute atomic E-state index is 10.8. The van der Waals surface area contributed by atoms with Crippen LogP contribution in [0.1, 0.15) is 48.5 Å². The van der Waals surface area contributed by atoms with E-state index >= 15 is 0 Å². The average molecular weight is 302 g/mol. The number of hydrogen-bond donors (Lipinski definition) is 1. The Morgan fingerprint density at radius 2 is 1.14 bits per heavy atom. The van der Waals surface area contributed by atoms with Crippen LogP contribution < -0.4 is 5.32 Å². The van der Waals surface area contributed by atoms with Crippen molar-refractivity contribution in [3.05, 3.63) is 0 Å². The van der Waals surface area contributed by atoms with Gasteiger partial charge in [0.25, 0.3) is 0 Å². The van der Waals surface area contributed by atoms with Gasteiger partial charge >= 0.3 is 0 Å². The van der Waals surface area contributed by atoms with Crippen LogP contribution in [-0.2, 0) is 14.4 Å². The van der Waals surface area contributed by atoms with Crippen LogP contribution in [0.25, 0.3) is 0 Å². The molecule has 5 nitrogen and oxygen atoms in total. The van der Waals surface area contributed by atoms with Crippen molar-refractivity contribution in [3.63, 3.8) is 0 Å². The predicted molar refractivity (Wildman–Crippen MR) is 88.0 cm³/mol. The first-order chi connectivity index (χ1) is 9.38. The first kappa shape index (κ1) is 24.6. The van der Waals surface area contributed by atoms with Crippen molar-refractivity contribution in [2.24, 2.45) is 17.8 Å². The zero-order chi connectivity index (χ0) is 17.7. The van der Waals surface area contributed by atoms with Crippen molar-refractivity contribution in [1.29, 1.82) is 0 Å². The number of rotatable bonds is 3. The molecule has 0 saturated carbocycles. The van der Waals surface area contributed by atoms with Crippen LogP contribution in [0.4, 0.5) is 0 Å². The van der Waals surface area contributed by atoms with Crippen LogP contribution in [0.2, 0.25) is 0 Å². The summed E-state index contributed by atoms with van der Waals surface area (Å²) >= 11 is 0. The lowest BCUT2D eigenvalue weighted by Gasteiger charge is -2.11. The van der Waals surface area contributed by atoms with Crippen molar-refractivity contribution >= 4 is 17.6 Å². The van der Waals surface area contributed by atoms with Crippen LogP contribution >= 0.6 is 0 Å². The van der Waals surface area contributed by atoms with Crippen molar-refractivity contribution in [3.8, 4) is 0 Å². The Labute approximate surface area is 130 Å². The standard InChI is InChI=1S/C6H13NO.C5H11NO.C5H10O/c1-5(2)6(8)7(3)4;1-4(2)5(7)6-3;1-4(2)5(3)6/h5H,1-4H3;4H,1-3H3,(H,6,7);4H,1-3H3. The second kappa shape index (κ2) is 13.6. The van der Waals surface area contributed by atoms with E-state index in [1.807, 2.05) is 41.5 Å². The lowest BCUT2D eigenvalue weighted by Crippen LogP contribution is -2.26. The Kier molecular flexibility index (Phi) is 15.9. The molecule has 0 atom stereocenters. The Balaban J connectivity index is -0.000000234. The molecule has 5 heteroatoms. The van der Waals surface area contributed by atoms with Gasteiger partial charge in [0, 0.05) is 38.9 Å². The Hall–Kier alpha value is -1.39. The monoisotopic (exact) mass is 302 g/mol. The van der Waals surface area contributed by atoms with Gasteiger partial charge in [-0.1, -0.05) is 41.5 Å². The van der Waals surface area contributed by atoms with Crippen LogP contribution in [0.15, 0.2) is 0 Å². The van der Waals surface area contributed by atoms with Gasteiger partial charge in [-0.15, -0.1) is 0 Å². The van der Waals surface area contributed by atoms with E-state index in [9.17, 15) is 14.4 Å². The van der Waals surface area contributed by atoms with E-state index in [4.69, 9.17) is 0 Å². The smallest absolute Gasteiger partial charge is 0.224 e. The maximum atomic E-state index is 10.8. The Bertz CT molecular complexity index is 299. The van der Waals surface area contributed by atoms with Gasteiger partial charge in [-0.25, -0.2) is 0 Å². The normalized spacial score (nSPS) is 9.38. The summed E-state index contributed by atoms with van der Waals surface area (Å²) in [4.78, 5) is 32.9. The summed E-state index contributed by atoms with van der Waals surface area (Å²) in [6.07, 6.45) is 0. The van der Waals surface area contributed by atoms with E-state index in [0.29, 0.717) is 0 Å². The molecule has 0 fully saturated rings. The van der Waals surface area contributed by atoms with E-state index < -0.39 is 0 Å². The number of amides is 2. The minimum absolute atomic E-state index is 0.0972. The molecular weight excluding hydrogens is 268 g/mol. The molecule has 21 heavy (non-hydrogen) atoms. The topological polar surface area (TPSA) is 66.5 Å². The van der Waals surface area contributed by atoms with E-state index in [-0.39, 0.29) is 35.4 Å². The highest BCUT2D eigenvalue weighted by atomic mass is 16.2. The summed E-state index contributed by atoms with van der Waals surface area (Å²) in [6.45, 7) is 12.9. The molecule has 0 aromatic rings. The summed E-state index contributed by atoms with van der Waals surface area (Å²) in [5, 5.41) is 2.53. The Morgan fingerprint density at radius 1 is 0.810 bits per heavy atom. The maximum Gasteiger partial charge on any atom is 0.224 e. The molecule has 0 aromatic carbocycles. The van der Waals surface area contributed by atoms with Crippen molar-refractivity contribution in [2.45, 2.75) is 48.5 Å². The highest BCUT2D eigenvalue weighted by Crippen LogP contribution is 1.94. The van der Waals surface area contributed by atoms with Crippen molar-refractivity contribution < 1.29 is 14.4 Å². The van der Waals surface area contributed by atoms with Gasteiger partial charge in [-0.2, -0.15) is 0 Å². The van der Waals surface area contributed by atoms with E-state index in [0.717, 1.165) is 0 Å². The van der Waals surface area contributed by atoms with E-state index in [2.05, 4.69) is 5.32 Å². The second-order valence-corrected chi connectivity index (χ2v) is 5.92. The third-order valence-corrected chi connectivity index (χ3v) is 2.52. The summed E-state index contributed by atoms with van der Waals surface area (Å²) in [5.41, 5.74) is 0. The molecule has 0 bridgehead atoms. The van der Waals surface area contributed by atoms with Crippen LogP contribution in [0, 0.1) is 17.8 Å². The minimum atomic E-state index is 0.0972. The number of nitrogens with one attached hydrogen (secondary N) is 1. The van der Waals surface area contributed by atoms with E-state index in [1.165, 1.54) is 0 Å². The lowest BCUT2D eigenvalue weighted by atomic mass is 10.1. The molecule has 126 valence electrons. The quantitative estimate of drug-likeness (QED) is 0.870. The van der Waals surface area contributed by atoms with Gasteiger partial charge in [0.2, 0.25) is 11.8 Å². The highest BCUT2D eigenvalue weighted by Gasteiger charge is 2.06. The molecule has 0 saturated heterocycles. The van der Waals surface area contributed by atoms with Gasteiger partial charge in [-0.3, -0.25) is 14.4 Å².